The van der Waals surface area contributed by atoms with E-state index in [-0.39, 0.29) is 18.6 Å². The second-order valence-corrected chi connectivity index (χ2v) is 9.64. The summed E-state index contributed by atoms with van der Waals surface area (Å²) in [6, 6.07) is 20.2. The Labute approximate surface area is 193 Å². The first kappa shape index (κ1) is 30.8. The number of benzene rings is 2. The molecule has 0 amide bonds. The number of nitrogens with one attached hydrogen (secondary N) is 1. The zero-order valence-corrected chi connectivity index (χ0v) is 21.3. The Kier molecular flexibility index (Phi) is 15.9. The summed E-state index contributed by atoms with van der Waals surface area (Å²) in [7, 11) is 6.72. The van der Waals surface area contributed by atoms with Crippen LogP contribution in [0, 0.1) is 5.92 Å². The van der Waals surface area contributed by atoms with Crippen LogP contribution >= 0.6 is 0 Å². The first-order chi connectivity index (χ1) is 13.2. The maximum Gasteiger partial charge on any atom is 0.104 e. The Hall–Kier alpha value is -1.35. The van der Waals surface area contributed by atoms with Crippen molar-refractivity contribution in [2.75, 3.05) is 21.1 Å². The highest BCUT2D eigenvalue weighted by atomic mass is 35.5. The summed E-state index contributed by atoms with van der Waals surface area (Å²) in [4.78, 5) is 0. The van der Waals surface area contributed by atoms with Crippen LogP contribution in [0.5, 0.6) is 0 Å². The molecule has 0 saturated carbocycles. The molecule has 0 aliphatic carbocycles. The quantitative estimate of drug-likeness (QED) is 0.555. The van der Waals surface area contributed by atoms with Crippen LogP contribution in [0.25, 0.3) is 0 Å². The normalized spacial score (nSPS) is 12.7. The Morgan fingerprint density at radius 2 is 1.23 bits per heavy atom. The molecule has 170 valence electrons. The molecule has 2 radical (unpaired) electrons. The average molecular weight is 433 g/mol. The van der Waals surface area contributed by atoms with Gasteiger partial charge in [0, 0.05) is 5.56 Å². The van der Waals surface area contributed by atoms with Crippen LogP contribution in [0.1, 0.15) is 82.4 Å². The molecule has 2 aromatic carbocycles. The van der Waals surface area contributed by atoms with Crippen LogP contribution in [0.3, 0.4) is 0 Å². The molecule has 2 unspecified atom stereocenters. The predicted octanol–water partition coefficient (Wildman–Crippen LogP) is 4.37. The minimum Gasteiger partial charge on any atom is -1.00 e. The molecule has 30 heavy (non-hydrogen) atoms. The van der Waals surface area contributed by atoms with Gasteiger partial charge in [0.2, 0.25) is 0 Å². The zero-order valence-electron chi connectivity index (χ0n) is 20.6. The fourth-order valence-corrected chi connectivity index (χ4v) is 3.33. The number of nitrogens with zero attached hydrogens (tertiary/aromatic N) is 1. The standard InChI is InChI=1S/C22H32N.C5H12.ClH.HN/c1-6-20(16-18(2)21-10-8-7-9-11-21)22-14-12-19(13-15-22)17-23(3,4)5;1-4-5(2)3;;/h7-15,18,20H,6,16-17H2,1-5H3;5H,4H2,1-3H3;2*1H/q+1;;;/p-1. The molecule has 0 fully saturated rings. The minimum atomic E-state index is 0. The van der Waals surface area contributed by atoms with Gasteiger partial charge >= 0.3 is 0 Å². The summed E-state index contributed by atoms with van der Waals surface area (Å²) in [6.07, 6.45) is 3.72. The van der Waals surface area contributed by atoms with Gasteiger partial charge in [-0.15, -0.1) is 0 Å². The molecule has 0 spiro atoms. The summed E-state index contributed by atoms with van der Waals surface area (Å²) < 4.78 is 0.974. The van der Waals surface area contributed by atoms with Gasteiger partial charge in [0.25, 0.3) is 0 Å². The number of hydrogen-bond acceptors (Lipinski definition) is 0. The molecule has 1 N–H and O–H groups in total. The molecule has 0 aromatic heterocycles. The SMILES string of the molecule is CCC(C)C.CCC(CC(C)c1ccccc1)c1ccc(C[N+](C)(C)C)cc1.[Cl-].[NH]. The summed E-state index contributed by atoms with van der Waals surface area (Å²) in [6.45, 7) is 12.4. The molecular weight excluding hydrogens is 388 g/mol. The first-order valence-electron chi connectivity index (χ1n) is 11.1. The minimum absolute atomic E-state index is 0. The van der Waals surface area contributed by atoms with Crippen molar-refractivity contribution < 1.29 is 16.9 Å². The van der Waals surface area contributed by atoms with Crippen molar-refractivity contribution in [1.29, 1.82) is 0 Å². The van der Waals surface area contributed by atoms with E-state index in [2.05, 4.69) is 110 Å². The van der Waals surface area contributed by atoms with E-state index in [0.717, 1.165) is 16.9 Å². The van der Waals surface area contributed by atoms with Crippen molar-refractivity contribution in [3.05, 3.63) is 71.3 Å². The maximum atomic E-state index is 2.35. The molecule has 0 bridgehead atoms. The van der Waals surface area contributed by atoms with E-state index in [0.29, 0.717) is 11.8 Å². The van der Waals surface area contributed by atoms with Gasteiger partial charge in [-0.3, -0.25) is 0 Å². The Morgan fingerprint density at radius 1 is 0.733 bits per heavy atom. The lowest BCUT2D eigenvalue weighted by Gasteiger charge is -2.24. The van der Waals surface area contributed by atoms with E-state index in [1.165, 1.54) is 36.0 Å². The van der Waals surface area contributed by atoms with Gasteiger partial charge in [0.15, 0.2) is 0 Å². The van der Waals surface area contributed by atoms with Crippen LogP contribution < -0.4 is 18.6 Å². The van der Waals surface area contributed by atoms with Crippen LogP contribution in [0.2, 0.25) is 0 Å². The van der Waals surface area contributed by atoms with Crippen LogP contribution in [0.4, 0.5) is 0 Å². The average Bonchev–Trinajstić information content (AvgIpc) is 2.66. The molecule has 0 heterocycles. The highest BCUT2D eigenvalue weighted by Gasteiger charge is 2.16. The van der Waals surface area contributed by atoms with Gasteiger partial charge in [-0.25, -0.2) is 0 Å². The molecular formula is C27H45ClN2. The predicted molar refractivity (Wildman–Crippen MR) is 129 cm³/mol. The van der Waals surface area contributed by atoms with Gasteiger partial charge in [-0.2, -0.15) is 6.15 Å². The summed E-state index contributed by atoms with van der Waals surface area (Å²) in [5.41, 5.74) is 4.36. The summed E-state index contributed by atoms with van der Waals surface area (Å²) in [5, 5.41) is 0. The van der Waals surface area contributed by atoms with Gasteiger partial charge in [0.1, 0.15) is 6.54 Å². The maximum absolute atomic E-state index is 2.35. The lowest BCUT2D eigenvalue weighted by atomic mass is 9.84. The Balaban J connectivity index is 0. The molecule has 2 nitrogen and oxygen atoms in total. The molecule has 0 saturated heterocycles. The third-order valence-corrected chi connectivity index (χ3v) is 5.42. The van der Waals surface area contributed by atoms with E-state index in [1.54, 1.807) is 0 Å². The molecule has 0 aliphatic heterocycles. The van der Waals surface area contributed by atoms with Crippen molar-refractivity contribution in [2.24, 2.45) is 5.92 Å². The van der Waals surface area contributed by atoms with Crippen LogP contribution in [0.15, 0.2) is 54.6 Å². The second-order valence-electron chi connectivity index (χ2n) is 9.64. The van der Waals surface area contributed by atoms with E-state index >= 15 is 0 Å². The van der Waals surface area contributed by atoms with Crippen molar-refractivity contribution in [3.8, 4) is 0 Å². The second kappa shape index (κ2) is 15.5. The van der Waals surface area contributed by atoms with Crippen molar-refractivity contribution in [2.45, 2.75) is 72.3 Å². The van der Waals surface area contributed by atoms with Gasteiger partial charge in [0.05, 0.1) is 21.1 Å². The van der Waals surface area contributed by atoms with Crippen LogP contribution in [-0.2, 0) is 6.54 Å². The van der Waals surface area contributed by atoms with E-state index in [1.807, 2.05) is 0 Å². The Bertz CT molecular complexity index is 645. The molecule has 2 aromatic rings. The molecule has 2 rings (SSSR count). The van der Waals surface area contributed by atoms with Crippen molar-refractivity contribution in [1.82, 2.24) is 6.15 Å². The third-order valence-electron chi connectivity index (χ3n) is 5.42. The number of halogens is 1. The first-order valence-corrected chi connectivity index (χ1v) is 11.1. The zero-order chi connectivity index (χ0) is 21.2. The third kappa shape index (κ3) is 12.4. The van der Waals surface area contributed by atoms with E-state index in [9.17, 15) is 0 Å². The highest BCUT2D eigenvalue weighted by Crippen LogP contribution is 2.32. The lowest BCUT2D eigenvalue weighted by molar-refractivity contribution is -0.884. The number of quaternary nitrogens is 1. The topological polar surface area (TPSA) is 32.0 Å². The summed E-state index contributed by atoms with van der Waals surface area (Å²) in [5.74, 6) is 2.13. The van der Waals surface area contributed by atoms with Crippen LogP contribution in [-0.4, -0.2) is 25.6 Å². The van der Waals surface area contributed by atoms with Gasteiger partial charge in [-0.05, 0) is 41.7 Å². The summed E-state index contributed by atoms with van der Waals surface area (Å²) >= 11 is 0. The monoisotopic (exact) mass is 432 g/mol. The Morgan fingerprint density at radius 3 is 1.63 bits per heavy atom. The molecule has 3 heteroatoms. The number of rotatable bonds is 8. The van der Waals surface area contributed by atoms with E-state index in [4.69, 9.17) is 0 Å². The van der Waals surface area contributed by atoms with Gasteiger partial charge < -0.3 is 16.9 Å². The number of hydrogen-bond donors (Lipinski definition) is 0. The fourth-order valence-electron chi connectivity index (χ4n) is 3.33. The fraction of sp³-hybridized carbons (Fsp3) is 0.556. The van der Waals surface area contributed by atoms with E-state index < -0.39 is 0 Å². The molecule has 0 aliphatic rings. The van der Waals surface area contributed by atoms with Crippen molar-refractivity contribution in [3.63, 3.8) is 0 Å². The van der Waals surface area contributed by atoms with Crippen molar-refractivity contribution >= 4 is 0 Å². The smallest absolute Gasteiger partial charge is 0.104 e. The van der Waals surface area contributed by atoms with Gasteiger partial charge in [-0.1, -0.05) is 95.6 Å². The lowest BCUT2D eigenvalue weighted by Crippen LogP contribution is -3.00. The highest BCUT2D eigenvalue weighted by molar-refractivity contribution is 5.26. The molecule has 2 atom stereocenters. The largest absolute Gasteiger partial charge is 1.00 e.